The van der Waals surface area contributed by atoms with Crippen molar-refractivity contribution in [1.82, 2.24) is 27.9 Å². The van der Waals surface area contributed by atoms with Gasteiger partial charge < -0.3 is 0 Å². The predicted octanol–water partition coefficient (Wildman–Crippen LogP) is 0.868. The van der Waals surface area contributed by atoms with Crippen molar-refractivity contribution in [2.24, 2.45) is 34.5 Å². The van der Waals surface area contributed by atoms with E-state index < -0.39 is 0 Å². The van der Waals surface area contributed by atoms with Gasteiger partial charge in [0.2, 0.25) is 0 Å². The molecule has 38 heavy (non-hydrogen) atoms. The molecule has 2 spiro atoms. The van der Waals surface area contributed by atoms with Crippen LogP contribution in [0.1, 0.15) is 24.2 Å². The molecule has 2 aromatic carbocycles. The topological polar surface area (TPSA) is 97.9 Å². The van der Waals surface area contributed by atoms with E-state index in [-0.39, 0.29) is 57.8 Å². The molecule has 10 heteroatoms. The van der Waals surface area contributed by atoms with Gasteiger partial charge in [-0.15, -0.1) is 0 Å². The lowest BCUT2D eigenvalue weighted by Gasteiger charge is -3.03. The lowest BCUT2D eigenvalue weighted by molar-refractivity contribution is -0.575. The van der Waals surface area contributed by atoms with Crippen molar-refractivity contribution in [3.63, 3.8) is 0 Å². The van der Waals surface area contributed by atoms with E-state index in [2.05, 4.69) is 12.2 Å². The van der Waals surface area contributed by atoms with Gasteiger partial charge in [0.25, 0.3) is 0 Å². The Balaban J connectivity index is 1.21. The average molecular weight is 505 g/mol. The number of hydrogen-bond acceptors (Lipinski definition) is 4. The summed E-state index contributed by atoms with van der Waals surface area (Å²) in [4.78, 5) is 55.6. The normalized spacial score (nSPS) is 41.7. The third-order valence-electron chi connectivity index (χ3n) is 11.8. The van der Waals surface area contributed by atoms with Crippen LogP contribution in [0, 0.1) is 34.5 Å². The average Bonchev–Trinajstić information content (AvgIpc) is 3.34. The molecule has 0 unspecified atom stereocenters. The van der Waals surface area contributed by atoms with Gasteiger partial charge in [0.1, 0.15) is 0 Å². The van der Waals surface area contributed by atoms with Gasteiger partial charge in [0, 0.05) is 10.8 Å². The van der Waals surface area contributed by atoms with E-state index in [1.807, 2.05) is 36.4 Å². The fourth-order valence-electron chi connectivity index (χ4n) is 11.3. The number of allylic oxidation sites excluding steroid dienone is 2. The van der Waals surface area contributed by atoms with E-state index in [1.165, 1.54) is 9.13 Å². The molecular formula is C28H20N6O4. The van der Waals surface area contributed by atoms with E-state index in [0.29, 0.717) is 35.0 Å². The van der Waals surface area contributed by atoms with Crippen LogP contribution in [0.15, 0.2) is 92.0 Å². The number of aromatic nitrogens is 6. The van der Waals surface area contributed by atoms with Gasteiger partial charge in [-0.2, -0.15) is 0 Å². The highest BCUT2D eigenvalue weighted by molar-refractivity contribution is 5.55. The third kappa shape index (κ3) is 1.33. The molecule has 6 heterocycles. The molecule has 4 aliphatic heterocycles. The molecule has 0 saturated heterocycles. The monoisotopic (exact) mass is 504 g/mol. The number of hydrogen-bond donors (Lipinski definition) is 0. The van der Waals surface area contributed by atoms with Gasteiger partial charge in [0.05, 0.1) is 35.5 Å². The molecule has 13 rings (SSSR count). The zero-order chi connectivity index (χ0) is 25.0. The molecule has 4 fully saturated rings. The second kappa shape index (κ2) is 5.16. The summed E-state index contributed by atoms with van der Waals surface area (Å²) in [7, 11) is 0. The Morgan fingerprint density at radius 2 is 0.868 bits per heavy atom. The molecule has 0 amide bonds. The van der Waals surface area contributed by atoms with Crippen molar-refractivity contribution in [2.75, 3.05) is 0 Å². The van der Waals surface area contributed by atoms with Crippen LogP contribution < -0.4 is 22.8 Å². The van der Waals surface area contributed by atoms with Crippen molar-refractivity contribution in [3.05, 3.63) is 115 Å². The second-order valence-electron chi connectivity index (χ2n) is 12.1. The fraction of sp³-hybridized carbons (Fsp3) is 0.357. The van der Waals surface area contributed by atoms with Gasteiger partial charge in [-0.25, -0.2) is 47.0 Å². The molecule has 4 aromatic rings. The molecular weight excluding hydrogens is 484 g/mol. The molecule has 9 aliphatic rings. The summed E-state index contributed by atoms with van der Waals surface area (Å²) in [6.45, 7) is 0. The van der Waals surface area contributed by atoms with Gasteiger partial charge in [-0.3, -0.25) is 0 Å². The van der Waals surface area contributed by atoms with Gasteiger partial charge in [0.15, 0.2) is 0 Å². The first kappa shape index (κ1) is 18.8. The van der Waals surface area contributed by atoms with Gasteiger partial charge in [-0.05, 0) is 47.9 Å². The Labute approximate surface area is 212 Å². The highest BCUT2D eigenvalue weighted by Crippen LogP contribution is 3.06. The maximum atomic E-state index is 13.9. The number of benzene rings is 2. The zero-order valence-corrected chi connectivity index (χ0v) is 19.9. The van der Waals surface area contributed by atoms with Crippen LogP contribution in [0.3, 0.4) is 0 Å². The smallest absolute Gasteiger partial charge is 0.245 e. The van der Waals surface area contributed by atoms with E-state index in [9.17, 15) is 19.2 Å². The minimum atomic E-state index is -0.339. The maximum Gasteiger partial charge on any atom is 0.352 e. The van der Waals surface area contributed by atoms with Crippen LogP contribution in [0.2, 0.25) is 0 Å². The first-order valence-electron chi connectivity index (χ1n) is 13.3. The Morgan fingerprint density at radius 1 is 0.500 bits per heavy atom. The Morgan fingerprint density at radius 3 is 1.26 bits per heavy atom. The zero-order valence-electron chi connectivity index (χ0n) is 19.9. The summed E-state index contributed by atoms with van der Waals surface area (Å²) in [5, 5.41) is 0. The van der Waals surface area contributed by atoms with Crippen molar-refractivity contribution in [2.45, 2.75) is 24.2 Å². The first-order valence-corrected chi connectivity index (χ1v) is 13.3. The maximum absolute atomic E-state index is 13.9. The highest BCUT2D eigenvalue weighted by atomic mass is 16.2. The summed E-state index contributed by atoms with van der Waals surface area (Å²) in [6.07, 6.45) is 4.20. The quantitative estimate of drug-likeness (QED) is 0.379. The first-order chi connectivity index (χ1) is 18.6. The number of rotatable bonds is 2. The molecule has 186 valence electrons. The molecule has 10 nitrogen and oxygen atoms in total. The fourth-order valence-corrected chi connectivity index (χ4v) is 11.3. The van der Waals surface area contributed by atoms with Crippen LogP contribution in [0.5, 0.6) is 0 Å². The molecule has 2 aromatic heterocycles. The molecule has 0 N–H and O–H groups in total. The minimum absolute atomic E-state index is 0.147. The molecule has 5 aliphatic carbocycles. The van der Waals surface area contributed by atoms with Crippen LogP contribution in [-0.4, -0.2) is 27.9 Å². The molecule has 0 radical (unpaired) electrons. The van der Waals surface area contributed by atoms with Crippen molar-refractivity contribution >= 4 is 0 Å². The molecule has 4 saturated carbocycles. The Kier molecular flexibility index (Phi) is 2.56. The number of para-hydroxylation sites is 2. The molecule has 10 atom stereocenters. The van der Waals surface area contributed by atoms with E-state index >= 15 is 0 Å². The van der Waals surface area contributed by atoms with E-state index in [0.717, 1.165) is 0 Å². The minimum Gasteiger partial charge on any atom is -0.245 e. The van der Waals surface area contributed by atoms with E-state index in [1.54, 1.807) is 43.0 Å². The van der Waals surface area contributed by atoms with Crippen LogP contribution in [0.25, 0.3) is 11.4 Å². The predicted molar refractivity (Wildman–Crippen MR) is 133 cm³/mol. The SMILES string of the molecule is O=c1n(-c2ccccc2)c(=O)n2n1[C@H]1C=C[C@H]2[C@]23[C@@H]4[C@@H]5[C@@H]6[C@@H]4[C@@]12[C@H]6n1c(=O)n(-c2ccccc2)c(=O)n1[C@H]53. The van der Waals surface area contributed by atoms with Crippen molar-refractivity contribution in [1.29, 1.82) is 0 Å². The van der Waals surface area contributed by atoms with Crippen molar-refractivity contribution < 1.29 is 0 Å². The van der Waals surface area contributed by atoms with Crippen molar-refractivity contribution in [3.8, 4) is 11.4 Å². The lowest BCUT2D eigenvalue weighted by Crippen LogP contribution is -3.04. The largest absolute Gasteiger partial charge is 0.352 e. The second-order valence-corrected chi connectivity index (χ2v) is 12.1. The van der Waals surface area contributed by atoms with Crippen LogP contribution in [0.4, 0.5) is 0 Å². The van der Waals surface area contributed by atoms with Crippen LogP contribution >= 0.6 is 0 Å². The summed E-state index contributed by atoms with van der Waals surface area (Å²) in [5.41, 5.74) is -0.802. The summed E-state index contributed by atoms with van der Waals surface area (Å²) in [5.74, 6) is 1.57. The summed E-state index contributed by atoms with van der Waals surface area (Å²) in [6, 6.07) is 17.2. The molecule has 4 bridgehead atoms. The Bertz CT molecular complexity index is 1950. The van der Waals surface area contributed by atoms with Gasteiger partial charge in [-0.1, -0.05) is 48.6 Å². The lowest BCUT2D eigenvalue weighted by atomic mass is 9.03. The highest BCUT2D eigenvalue weighted by Gasteiger charge is 3.06. The third-order valence-corrected chi connectivity index (χ3v) is 11.8. The standard InChI is InChI=1S/C28H20N6O4/c35-23-29(13-7-3-1-4-8-13)24(36)32-16-12-11-15(31(23)32)27-19-17-18-20(19)28(16,27)22(18)34-26(38)30(14-9-5-2-6-10-14)25(37)33(34)21(17)27/h1-12,15-22H/t15-,16-,17-,18+,19+,20-,21+,22-,27+,28+/m0/s1. The summed E-state index contributed by atoms with van der Waals surface area (Å²) < 4.78 is 9.38. The van der Waals surface area contributed by atoms with Crippen LogP contribution in [-0.2, 0) is 0 Å². The van der Waals surface area contributed by atoms with E-state index in [4.69, 9.17) is 0 Å². The van der Waals surface area contributed by atoms with Gasteiger partial charge >= 0.3 is 22.8 Å². The number of nitrogens with zero attached hydrogens (tertiary/aromatic N) is 6. The summed E-state index contributed by atoms with van der Waals surface area (Å²) >= 11 is 0. The Hall–Kier alpha value is -4.34.